The number of rotatable bonds is 2. The first-order valence-corrected chi connectivity index (χ1v) is 4.93. The van der Waals surface area contributed by atoms with E-state index in [4.69, 9.17) is 0 Å². The summed E-state index contributed by atoms with van der Waals surface area (Å²) in [7, 11) is 1.70. The minimum Gasteiger partial charge on any atom is -0.327 e. The maximum absolute atomic E-state index is 12.2. The van der Waals surface area contributed by atoms with E-state index >= 15 is 0 Å². The molecule has 0 bridgehead atoms. The van der Waals surface area contributed by atoms with Gasteiger partial charge in [-0.05, 0) is 0 Å². The molecule has 2 rings (SSSR count). The van der Waals surface area contributed by atoms with Gasteiger partial charge < -0.3 is 5.32 Å². The number of anilines is 2. The zero-order valence-corrected chi connectivity index (χ0v) is 8.80. The van der Waals surface area contributed by atoms with Crippen molar-refractivity contribution in [3.8, 4) is 0 Å². The second-order valence-electron chi connectivity index (χ2n) is 2.94. The van der Waals surface area contributed by atoms with Crippen molar-refractivity contribution in [2.24, 2.45) is 7.05 Å². The minimum absolute atomic E-state index is 0.0836. The molecule has 0 aromatic carbocycles. The SMILES string of the molecule is Cn1cc(Nc2nnc(C(F)(F)F)s2)cn1. The van der Waals surface area contributed by atoms with E-state index < -0.39 is 11.2 Å². The Kier molecular flexibility index (Phi) is 2.54. The van der Waals surface area contributed by atoms with E-state index in [1.54, 1.807) is 13.2 Å². The van der Waals surface area contributed by atoms with E-state index in [0.717, 1.165) is 0 Å². The van der Waals surface area contributed by atoms with Gasteiger partial charge >= 0.3 is 6.18 Å². The molecule has 0 unspecified atom stereocenters. The lowest BCUT2D eigenvalue weighted by Gasteiger charge is -1.98. The van der Waals surface area contributed by atoms with Crippen molar-refractivity contribution in [2.75, 3.05) is 5.32 Å². The summed E-state index contributed by atoms with van der Waals surface area (Å²) in [6, 6.07) is 0. The number of alkyl halides is 3. The number of hydrogen-bond acceptors (Lipinski definition) is 5. The van der Waals surface area contributed by atoms with Gasteiger partial charge in [-0.25, -0.2) is 0 Å². The van der Waals surface area contributed by atoms with Gasteiger partial charge in [0.05, 0.1) is 11.9 Å². The molecule has 9 heteroatoms. The molecule has 0 saturated heterocycles. The number of aromatic nitrogens is 4. The fourth-order valence-electron chi connectivity index (χ4n) is 0.998. The Morgan fingerprint density at radius 1 is 1.38 bits per heavy atom. The maximum atomic E-state index is 12.2. The Balaban J connectivity index is 2.14. The van der Waals surface area contributed by atoms with Gasteiger partial charge in [-0.3, -0.25) is 4.68 Å². The first-order valence-electron chi connectivity index (χ1n) is 4.11. The molecule has 1 N–H and O–H groups in total. The van der Waals surface area contributed by atoms with E-state index in [1.165, 1.54) is 10.9 Å². The predicted molar refractivity (Wildman–Crippen MR) is 51.4 cm³/mol. The van der Waals surface area contributed by atoms with Crippen LogP contribution in [0.4, 0.5) is 24.0 Å². The molecule has 86 valence electrons. The molecule has 0 fully saturated rings. The fourth-order valence-corrected chi connectivity index (χ4v) is 1.63. The summed E-state index contributed by atoms with van der Waals surface area (Å²) < 4.78 is 38.1. The number of hydrogen-bond donors (Lipinski definition) is 1. The summed E-state index contributed by atoms with van der Waals surface area (Å²) in [5.74, 6) is 0. The van der Waals surface area contributed by atoms with Crippen molar-refractivity contribution in [2.45, 2.75) is 6.18 Å². The monoisotopic (exact) mass is 249 g/mol. The highest BCUT2D eigenvalue weighted by Crippen LogP contribution is 2.33. The molecule has 0 amide bonds. The molecule has 0 aliphatic rings. The van der Waals surface area contributed by atoms with E-state index in [0.29, 0.717) is 17.0 Å². The summed E-state index contributed by atoms with van der Waals surface area (Å²) in [5, 5.41) is 12.1. The summed E-state index contributed by atoms with van der Waals surface area (Å²) in [6.07, 6.45) is -1.35. The van der Waals surface area contributed by atoms with Gasteiger partial charge in [0.15, 0.2) is 0 Å². The van der Waals surface area contributed by atoms with E-state index in [9.17, 15) is 13.2 Å². The van der Waals surface area contributed by atoms with E-state index in [1.807, 2.05) is 0 Å². The van der Waals surface area contributed by atoms with Crippen LogP contribution in [-0.4, -0.2) is 20.0 Å². The summed E-state index contributed by atoms with van der Waals surface area (Å²) in [6.45, 7) is 0. The Labute approximate surface area is 91.9 Å². The third kappa shape index (κ3) is 2.30. The van der Waals surface area contributed by atoms with Gasteiger partial charge in [0.25, 0.3) is 0 Å². The average Bonchev–Trinajstić information content (AvgIpc) is 2.74. The lowest BCUT2D eigenvalue weighted by atomic mass is 10.6. The third-order valence-corrected chi connectivity index (χ3v) is 2.51. The topological polar surface area (TPSA) is 55.6 Å². The highest BCUT2D eigenvalue weighted by Gasteiger charge is 2.35. The highest BCUT2D eigenvalue weighted by molar-refractivity contribution is 7.15. The molecule has 2 aromatic rings. The minimum atomic E-state index is -4.45. The van der Waals surface area contributed by atoms with Gasteiger partial charge in [-0.15, -0.1) is 10.2 Å². The molecule has 5 nitrogen and oxygen atoms in total. The highest BCUT2D eigenvalue weighted by atomic mass is 32.1. The van der Waals surface area contributed by atoms with Gasteiger partial charge in [0, 0.05) is 13.2 Å². The summed E-state index contributed by atoms with van der Waals surface area (Å²) in [4.78, 5) is 0. The van der Waals surface area contributed by atoms with Crippen LogP contribution in [0.2, 0.25) is 0 Å². The average molecular weight is 249 g/mol. The van der Waals surface area contributed by atoms with Crippen LogP contribution in [0.25, 0.3) is 0 Å². The van der Waals surface area contributed by atoms with Crippen molar-refractivity contribution in [1.82, 2.24) is 20.0 Å². The zero-order chi connectivity index (χ0) is 11.8. The molecule has 2 heterocycles. The second-order valence-corrected chi connectivity index (χ2v) is 3.92. The van der Waals surface area contributed by atoms with Crippen molar-refractivity contribution < 1.29 is 13.2 Å². The second kappa shape index (κ2) is 3.74. The van der Waals surface area contributed by atoms with Crippen molar-refractivity contribution in [3.05, 3.63) is 17.4 Å². The smallest absolute Gasteiger partial charge is 0.327 e. The zero-order valence-electron chi connectivity index (χ0n) is 7.99. The first-order chi connectivity index (χ1) is 7.45. The third-order valence-electron chi connectivity index (χ3n) is 1.62. The molecule has 0 saturated carbocycles. The van der Waals surface area contributed by atoms with Gasteiger partial charge in [0.2, 0.25) is 10.1 Å². The molecule has 0 aliphatic carbocycles. The van der Waals surface area contributed by atoms with Crippen LogP contribution < -0.4 is 5.32 Å². The Bertz CT molecular complexity index is 488. The molecular formula is C7H6F3N5S. The molecule has 2 aromatic heterocycles. The van der Waals surface area contributed by atoms with Crippen molar-refractivity contribution in [3.63, 3.8) is 0 Å². The van der Waals surface area contributed by atoms with Gasteiger partial charge in [0.1, 0.15) is 0 Å². The van der Waals surface area contributed by atoms with Gasteiger partial charge in [-0.2, -0.15) is 18.3 Å². The predicted octanol–water partition coefficient (Wildman–Crippen LogP) is 2.03. The lowest BCUT2D eigenvalue weighted by molar-refractivity contribution is -0.138. The van der Waals surface area contributed by atoms with Crippen LogP contribution in [0.1, 0.15) is 5.01 Å². The summed E-state index contributed by atoms with van der Waals surface area (Å²) in [5.41, 5.74) is 0.562. The number of nitrogens with zero attached hydrogens (tertiary/aromatic N) is 4. The fraction of sp³-hybridized carbons (Fsp3) is 0.286. The molecule has 0 atom stereocenters. The normalized spacial score (nSPS) is 11.8. The van der Waals surface area contributed by atoms with Crippen LogP contribution in [-0.2, 0) is 13.2 Å². The number of aryl methyl sites for hydroxylation is 1. The van der Waals surface area contributed by atoms with Crippen LogP contribution in [0, 0.1) is 0 Å². The van der Waals surface area contributed by atoms with Crippen LogP contribution in [0.3, 0.4) is 0 Å². The Hall–Kier alpha value is -1.64. The van der Waals surface area contributed by atoms with Crippen molar-refractivity contribution in [1.29, 1.82) is 0 Å². The number of halogens is 3. The first kappa shape index (κ1) is 10.9. The standard InChI is InChI=1S/C7H6F3N5S/c1-15-3-4(2-11-15)12-6-14-13-5(16-6)7(8,9)10/h2-3H,1H3,(H,12,14). The van der Waals surface area contributed by atoms with E-state index in [2.05, 4.69) is 20.6 Å². The van der Waals surface area contributed by atoms with Crippen LogP contribution in [0.5, 0.6) is 0 Å². The van der Waals surface area contributed by atoms with E-state index in [-0.39, 0.29) is 5.13 Å². The van der Waals surface area contributed by atoms with Crippen LogP contribution in [0.15, 0.2) is 12.4 Å². The Morgan fingerprint density at radius 3 is 2.62 bits per heavy atom. The Morgan fingerprint density at radius 2 is 2.12 bits per heavy atom. The largest absolute Gasteiger partial charge is 0.445 e. The summed E-state index contributed by atoms with van der Waals surface area (Å²) >= 11 is 0.449. The van der Waals surface area contributed by atoms with Gasteiger partial charge in [-0.1, -0.05) is 11.3 Å². The molecule has 16 heavy (non-hydrogen) atoms. The maximum Gasteiger partial charge on any atom is 0.445 e. The molecular weight excluding hydrogens is 243 g/mol. The molecule has 0 radical (unpaired) electrons. The quantitative estimate of drug-likeness (QED) is 0.884. The van der Waals surface area contributed by atoms with Crippen LogP contribution >= 0.6 is 11.3 Å². The van der Waals surface area contributed by atoms with Crippen molar-refractivity contribution >= 4 is 22.2 Å². The molecule has 0 spiro atoms. The number of nitrogens with one attached hydrogen (secondary N) is 1. The molecule has 0 aliphatic heterocycles. The lowest BCUT2D eigenvalue weighted by Crippen LogP contribution is -2.03.